The van der Waals surface area contributed by atoms with Gasteiger partial charge >= 0.3 is 0 Å². The molecule has 2 aliphatic rings. The van der Waals surface area contributed by atoms with Gasteiger partial charge in [0.15, 0.2) is 0 Å². The van der Waals surface area contributed by atoms with E-state index >= 15 is 0 Å². The van der Waals surface area contributed by atoms with Crippen LogP contribution < -0.4 is 0 Å². The van der Waals surface area contributed by atoms with Gasteiger partial charge in [-0.2, -0.15) is 0 Å². The third-order valence-corrected chi connectivity index (χ3v) is 3.98. The summed E-state index contributed by atoms with van der Waals surface area (Å²) >= 11 is 0. The van der Waals surface area contributed by atoms with Crippen molar-refractivity contribution in [3.05, 3.63) is 0 Å². The lowest BCUT2D eigenvalue weighted by Gasteiger charge is -2.39. The van der Waals surface area contributed by atoms with Gasteiger partial charge in [0.1, 0.15) is 6.67 Å². The summed E-state index contributed by atoms with van der Waals surface area (Å²) < 4.78 is 12.1. The molecule has 13 heavy (non-hydrogen) atoms. The third-order valence-electron chi connectivity index (χ3n) is 3.98. The number of nitrogens with zero attached hydrogens (tertiary/aromatic N) is 1. The molecule has 0 aromatic heterocycles. The molecular weight excluding hydrogens is 165 g/mol. The molecule has 2 rings (SSSR count). The quantitative estimate of drug-likeness (QED) is 0.639. The molecule has 1 aliphatic carbocycles. The molecule has 0 N–H and O–H groups in total. The third kappa shape index (κ3) is 2.04. The molecule has 0 atom stereocenters. The van der Waals surface area contributed by atoms with Crippen LogP contribution in [0.1, 0.15) is 38.5 Å². The SMILES string of the molecule is FCCN1CCC2(CCCC2)CC1. The maximum absolute atomic E-state index is 12.1. The highest BCUT2D eigenvalue weighted by molar-refractivity contribution is 4.89. The van der Waals surface area contributed by atoms with Crippen LogP contribution in [0.15, 0.2) is 0 Å². The molecule has 0 amide bonds. The van der Waals surface area contributed by atoms with Gasteiger partial charge in [-0.05, 0) is 44.2 Å². The van der Waals surface area contributed by atoms with E-state index in [9.17, 15) is 4.39 Å². The average Bonchev–Trinajstić information content (AvgIpc) is 2.59. The molecule has 0 unspecified atom stereocenters. The Kier molecular flexibility index (Phi) is 2.87. The lowest BCUT2D eigenvalue weighted by molar-refractivity contribution is 0.103. The Morgan fingerprint density at radius 1 is 1.00 bits per heavy atom. The highest BCUT2D eigenvalue weighted by Gasteiger charge is 2.36. The van der Waals surface area contributed by atoms with Crippen LogP contribution >= 0.6 is 0 Å². The lowest BCUT2D eigenvalue weighted by Crippen LogP contribution is -2.39. The fourth-order valence-corrected chi connectivity index (χ4v) is 3.00. The Balaban J connectivity index is 1.81. The van der Waals surface area contributed by atoms with Gasteiger partial charge in [-0.15, -0.1) is 0 Å². The zero-order valence-electron chi connectivity index (χ0n) is 8.40. The number of hydrogen-bond acceptors (Lipinski definition) is 1. The van der Waals surface area contributed by atoms with Crippen LogP contribution in [-0.4, -0.2) is 31.2 Å². The molecule has 1 aliphatic heterocycles. The van der Waals surface area contributed by atoms with Crippen molar-refractivity contribution in [2.45, 2.75) is 38.5 Å². The molecule has 76 valence electrons. The minimum Gasteiger partial charge on any atom is -0.301 e. The van der Waals surface area contributed by atoms with Crippen molar-refractivity contribution in [2.75, 3.05) is 26.3 Å². The van der Waals surface area contributed by atoms with E-state index in [2.05, 4.69) is 4.90 Å². The van der Waals surface area contributed by atoms with Gasteiger partial charge in [0.25, 0.3) is 0 Å². The molecule has 0 aromatic rings. The Bertz CT molecular complexity index is 153. The topological polar surface area (TPSA) is 3.24 Å². The number of alkyl halides is 1. The summed E-state index contributed by atoms with van der Waals surface area (Å²) in [6, 6.07) is 0. The molecule has 0 aromatic carbocycles. The standard InChI is InChI=1S/C11H20FN/c12-7-10-13-8-5-11(6-9-13)3-1-2-4-11/h1-10H2. The molecule has 0 radical (unpaired) electrons. The van der Waals surface area contributed by atoms with Crippen molar-refractivity contribution >= 4 is 0 Å². The highest BCUT2D eigenvalue weighted by atomic mass is 19.1. The second-order valence-electron chi connectivity index (χ2n) is 4.74. The first-order valence-corrected chi connectivity index (χ1v) is 5.63. The summed E-state index contributed by atoms with van der Waals surface area (Å²) in [6.45, 7) is 2.77. The maximum atomic E-state index is 12.1. The highest BCUT2D eigenvalue weighted by Crippen LogP contribution is 2.45. The molecule has 1 heterocycles. The monoisotopic (exact) mass is 185 g/mol. The smallest absolute Gasteiger partial charge is 0.102 e. The summed E-state index contributed by atoms with van der Waals surface area (Å²) in [5, 5.41) is 0. The number of halogens is 1. The molecular formula is C11H20FN. The molecule has 1 saturated carbocycles. The van der Waals surface area contributed by atoms with Gasteiger partial charge in [0.05, 0.1) is 0 Å². The van der Waals surface area contributed by atoms with E-state index in [0.29, 0.717) is 12.0 Å². The largest absolute Gasteiger partial charge is 0.301 e. The molecule has 0 bridgehead atoms. The summed E-state index contributed by atoms with van der Waals surface area (Å²) in [5.74, 6) is 0. The summed E-state index contributed by atoms with van der Waals surface area (Å²) in [5.41, 5.74) is 0.687. The Morgan fingerprint density at radius 3 is 2.15 bits per heavy atom. The fourth-order valence-electron chi connectivity index (χ4n) is 3.00. The second-order valence-corrected chi connectivity index (χ2v) is 4.74. The van der Waals surface area contributed by atoms with Crippen LogP contribution in [0, 0.1) is 5.41 Å². The van der Waals surface area contributed by atoms with Crippen molar-refractivity contribution in [2.24, 2.45) is 5.41 Å². The lowest BCUT2D eigenvalue weighted by atomic mass is 9.77. The van der Waals surface area contributed by atoms with E-state index in [1.807, 2.05) is 0 Å². The molecule has 1 nitrogen and oxygen atoms in total. The van der Waals surface area contributed by atoms with E-state index in [1.54, 1.807) is 0 Å². The Labute approximate surface area is 80.3 Å². The number of rotatable bonds is 2. The zero-order chi connectivity index (χ0) is 9.15. The van der Waals surface area contributed by atoms with Crippen molar-refractivity contribution in [3.63, 3.8) is 0 Å². The van der Waals surface area contributed by atoms with E-state index in [4.69, 9.17) is 0 Å². The predicted molar refractivity (Wildman–Crippen MR) is 52.6 cm³/mol. The zero-order valence-corrected chi connectivity index (χ0v) is 8.40. The van der Waals surface area contributed by atoms with E-state index in [0.717, 1.165) is 13.1 Å². The van der Waals surface area contributed by atoms with E-state index < -0.39 is 0 Å². The predicted octanol–water partition coefficient (Wildman–Crippen LogP) is 2.61. The van der Waals surface area contributed by atoms with Crippen molar-refractivity contribution in [3.8, 4) is 0 Å². The van der Waals surface area contributed by atoms with Gasteiger partial charge in [0.2, 0.25) is 0 Å². The number of hydrogen-bond donors (Lipinski definition) is 0. The normalized spacial score (nSPS) is 28.4. The minimum absolute atomic E-state index is 0.174. The minimum atomic E-state index is -0.174. The van der Waals surface area contributed by atoms with Crippen molar-refractivity contribution in [1.82, 2.24) is 4.90 Å². The van der Waals surface area contributed by atoms with Crippen molar-refractivity contribution in [1.29, 1.82) is 0 Å². The molecule has 1 spiro atoms. The Morgan fingerprint density at radius 2 is 1.62 bits per heavy atom. The molecule has 2 fully saturated rings. The van der Waals surface area contributed by atoms with Crippen LogP contribution in [0.4, 0.5) is 4.39 Å². The number of piperidine rings is 1. The first-order valence-electron chi connectivity index (χ1n) is 5.63. The summed E-state index contributed by atoms with van der Waals surface area (Å²) in [4.78, 5) is 2.28. The van der Waals surface area contributed by atoms with Crippen LogP contribution in [-0.2, 0) is 0 Å². The molecule has 1 saturated heterocycles. The van der Waals surface area contributed by atoms with Gasteiger partial charge in [0, 0.05) is 6.54 Å². The van der Waals surface area contributed by atoms with E-state index in [-0.39, 0.29) is 6.67 Å². The van der Waals surface area contributed by atoms with Gasteiger partial charge < -0.3 is 4.90 Å². The van der Waals surface area contributed by atoms with E-state index in [1.165, 1.54) is 38.5 Å². The van der Waals surface area contributed by atoms with Gasteiger partial charge in [-0.1, -0.05) is 12.8 Å². The van der Waals surface area contributed by atoms with Crippen LogP contribution in [0.2, 0.25) is 0 Å². The summed E-state index contributed by atoms with van der Waals surface area (Å²) in [7, 11) is 0. The Hall–Kier alpha value is -0.110. The van der Waals surface area contributed by atoms with Crippen molar-refractivity contribution < 1.29 is 4.39 Å². The first kappa shape index (κ1) is 9.45. The first-order chi connectivity index (χ1) is 6.35. The second kappa shape index (κ2) is 3.95. The van der Waals surface area contributed by atoms with Crippen LogP contribution in [0.3, 0.4) is 0 Å². The van der Waals surface area contributed by atoms with Crippen LogP contribution in [0.25, 0.3) is 0 Å². The molecule has 2 heteroatoms. The average molecular weight is 185 g/mol. The van der Waals surface area contributed by atoms with Gasteiger partial charge in [-0.3, -0.25) is 0 Å². The van der Waals surface area contributed by atoms with Crippen LogP contribution in [0.5, 0.6) is 0 Å². The number of likely N-dealkylation sites (tertiary alicyclic amines) is 1. The maximum Gasteiger partial charge on any atom is 0.102 e. The van der Waals surface area contributed by atoms with Gasteiger partial charge in [-0.25, -0.2) is 4.39 Å². The fraction of sp³-hybridized carbons (Fsp3) is 1.00. The summed E-state index contributed by atoms with van der Waals surface area (Å²) in [6.07, 6.45) is 8.40.